The van der Waals surface area contributed by atoms with Gasteiger partial charge in [0.1, 0.15) is 0 Å². The second kappa shape index (κ2) is 7.46. The van der Waals surface area contributed by atoms with Gasteiger partial charge in [0, 0.05) is 40.8 Å². The molecular formula is C22H17ClN2O3. The highest BCUT2D eigenvalue weighted by atomic mass is 35.5. The van der Waals surface area contributed by atoms with Crippen LogP contribution in [0.1, 0.15) is 37.4 Å². The van der Waals surface area contributed by atoms with Gasteiger partial charge in [-0.2, -0.15) is 0 Å². The Balaban J connectivity index is 1.80. The molecule has 0 radical (unpaired) electrons. The van der Waals surface area contributed by atoms with Crippen LogP contribution in [0.5, 0.6) is 0 Å². The molecule has 140 valence electrons. The summed E-state index contributed by atoms with van der Waals surface area (Å²) < 4.78 is 0. The number of rotatable bonds is 5. The smallest absolute Gasteiger partial charge is 0.196 e. The van der Waals surface area contributed by atoms with Gasteiger partial charge in [0.15, 0.2) is 11.6 Å². The molecule has 0 unspecified atom stereocenters. The van der Waals surface area contributed by atoms with Gasteiger partial charge >= 0.3 is 0 Å². The number of halogens is 1. The van der Waals surface area contributed by atoms with Crippen LogP contribution in [0.25, 0.3) is 0 Å². The van der Waals surface area contributed by atoms with E-state index in [9.17, 15) is 9.59 Å². The van der Waals surface area contributed by atoms with Gasteiger partial charge in [-0.1, -0.05) is 36.4 Å². The Bertz CT molecular complexity index is 1080. The lowest BCUT2D eigenvalue weighted by molar-refractivity contribution is 0.0980. The summed E-state index contributed by atoms with van der Waals surface area (Å²) in [5.74, 6) is -0.411. The molecule has 3 aromatic carbocycles. The summed E-state index contributed by atoms with van der Waals surface area (Å²) in [7, 11) is 0. The number of benzene rings is 3. The van der Waals surface area contributed by atoms with Crippen LogP contribution in [0.4, 0.5) is 17.1 Å². The molecular weight excluding hydrogens is 376 g/mol. The van der Waals surface area contributed by atoms with Crippen LogP contribution >= 0.6 is 11.8 Å². The molecule has 4 rings (SSSR count). The Labute approximate surface area is 167 Å². The average Bonchev–Trinajstić information content (AvgIpc) is 2.73. The van der Waals surface area contributed by atoms with Crippen molar-refractivity contribution >= 4 is 40.4 Å². The van der Waals surface area contributed by atoms with Gasteiger partial charge in [0.05, 0.1) is 16.9 Å². The van der Waals surface area contributed by atoms with Crippen LogP contribution in [0.3, 0.4) is 0 Å². The number of nitrogens with one attached hydrogen (secondary N) is 2. The van der Waals surface area contributed by atoms with Gasteiger partial charge < -0.3 is 10.4 Å². The van der Waals surface area contributed by atoms with Crippen molar-refractivity contribution in [2.75, 3.05) is 16.8 Å². The van der Waals surface area contributed by atoms with E-state index in [1.807, 2.05) is 24.3 Å². The van der Waals surface area contributed by atoms with Gasteiger partial charge in [0.25, 0.3) is 0 Å². The maximum absolute atomic E-state index is 13.1. The summed E-state index contributed by atoms with van der Waals surface area (Å²) >= 11 is 5.79. The molecule has 1 aliphatic rings. The number of hydrogen-bond donors (Lipinski definition) is 3. The fraction of sp³-hybridized carbons (Fsp3) is 0.0909. The largest absolute Gasteiger partial charge is 0.396 e. The van der Waals surface area contributed by atoms with Crippen molar-refractivity contribution in [3.05, 3.63) is 88.5 Å². The Morgan fingerprint density at radius 3 is 2.14 bits per heavy atom. The molecule has 28 heavy (non-hydrogen) atoms. The molecule has 0 atom stereocenters. The monoisotopic (exact) mass is 392 g/mol. The molecule has 0 bridgehead atoms. The van der Waals surface area contributed by atoms with E-state index in [2.05, 4.69) is 10.2 Å². The van der Waals surface area contributed by atoms with Gasteiger partial charge in [0.2, 0.25) is 0 Å². The van der Waals surface area contributed by atoms with E-state index in [0.29, 0.717) is 40.0 Å². The molecule has 0 amide bonds. The lowest BCUT2D eigenvalue weighted by Gasteiger charge is -2.22. The molecule has 5 nitrogen and oxygen atoms in total. The summed E-state index contributed by atoms with van der Waals surface area (Å²) in [6.45, 7) is 0.0831. The minimum absolute atomic E-state index is 0.0831. The van der Waals surface area contributed by atoms with Crippen molar-refractivity contribution in [3.8, 4) is 0 Å². The third kappa shape index (κ3) is 3.15. The van der Waals surface area contributed by atoms with Gasteiger partial charge in [-0.25, -0.2) is 0 Å². The zero-order valence-corrected chi connectivity index (χ0v) is 15.6. The SMILES string of the molecule is O=C1c2ccccc2C(=O)c2c(Nc3ccc(CCO)cc3)cc(NCl)cc21. The number of anilines is 3. The van der Waals surface area contributed by atoms with E-state index < -0.39 is 0 Å². The minimum atomic E-state index is -0.208. The second-order valence-electron chi connectivity index (χ2n) is 6.54. The highest BCUT2D eigenvalue weighted by Gasteiger charge is 2.32. The van der Waals surface area contributed by atoms with Crippen molar-refractivity contribution < 1.29 is 14.7 Å². The fourth-order valence-corrected chi connectivity index (χ4v) is 3.53. The molecule has 0 saturated carbocycles. The Morgan fingerprint density at radius 1 is 0.821 bits per heavy atom. The molecule has 6 heteroatoms. The lowest BCUT2D eigenvalue weighted by Crippen LogP contribution is -2.22. The van der Waals surface area contributed by atoms with Crippen molar-refractivity contribution in [3.63, 3.8) is 0 Å². The van der Waals surface area contributed by atoms with E-state index in [1.165, 1.54) is 0 Å². The third-order valence-electron chi connectivity index (χ3n) is 4.77. The van der Waals surface area contributed by atoms with Gasteiger partial charge in [-0.05, 0) is 36.2 Å². The molecule has 1 aliphatic carbocycles. The van der Waals surface area contributed by atoms with Crippen molar-refractivity contribution in [2.24, 2.45) is 0 Å². The molecule has 0 aromatic heterocycles. The normalized spacial score (nSPS) is 12.4. The predicted octanol–water partition coefficient (Wildman–Crippen LogP) is 4.31. The summed E-state index contributed by atoms with van der Waals surface area (Å²) in [5.41, 5.74) is 4.22. The van der Waals surface area contributed by atoms with Crippen LogP contribution in [0.2, 0.25) is 0 Å². The zero-order valence-electron chi connectivity index (χ0n) is 14.8. The van der Waals surface area contributed by atoms with Crippen molar-refractivity contribution in [1.82, 2.24) is 0 Å². The number of aliphatic hydroxyl groups is 1. The van der Waals surface area contributed by atoms with Crippen LogP contribution in [-0.4, -0.2) is 23.3 Å². The van der Waals surface area contributed by atoms with E-state index in [4.69, 9.17) is 16.9 Å². The van der Waals surface area contributed by atoms with E-state index in [1.54, 1.807) is 36.4 Å². The first-order valence-corrected chi connectivity index (χ1v) is 9.20. The maximum atomic E-state index is 13.1. The minimum Gasteiger partial charge on any atom is -0.396 e. The van der Waals surface area contributed by atoms with Crippen molar-refractivity contribution in [1.29, 1.82) is 0 Å². The number of hydrogen-bond acceptors (Lipinski definition) is 5. The first-order chi connectivity index (χ1) is 13.6. The van der Waals surface area contributed by atoms with Gasteiger partial charge in [-0.3, -0.25) is 14.4 Å². The summed E-state index contributed by atoms with van der Waals surface area (Å²) in [5, 5.41) is 12.3. The van der Waals surface area contributed by atoms with Crippen LogP contribution < -0.4 is 10.2 Å². The summed E-state index contributed by atoms with van der Waals surface area (Å²) in [6, 6.07) is 17.6. The van der Waals surface area contributed by atoms with E-state index in [0.717, 1.165) is 11.3 Å². The molecule has 0 spiro atoms. The average molecular weight is 393 g/mol. The number of carbonyl (C=O) groups is 2. The first kappa shape index (κ1) is 18.2. The lowest BCUT2D eigenvalue weighted by atomic mass is 9.83. The Kier molecular flexibility index (Phi) is 4.86. The topological polar surface area (TPSA) is 78.4 Å². The summed E-state index contributed by atoms with van der Waals surface area (Å²) in [6.07, 6.45) is 0.575. The number of fused-ring (bicyclic) bond motifs is 2. The molecule has 3 N–H and O–H groups in total. The van der Waals surface area contributed by atoms with E-state index >= 15 is 0 Å². The molecule has 0 fully saturated rings. The van der Waals surface area contributed by atoms with Crippen molar-refractivity contribution in [2.45, 2.75) is 6.42 Å². The molecule has 0 aliphatic heterocycles. The summed E-state index contributed by atoms with van der Waals surface area (Å²) in [4.78, 5) is 28.6. The number of aliphatic hydroxyl groups excluding tert-OH is 1. The standard InChI is InChI=1S/C22H17ClN2O3/c23-25-15-11-18-20(22(28)17-4-2-1-3-16(17)21(18)27)19(12-15)24-14-7-5-13(6-8-14)9-10-26/h1-8,11-12,24-26H,9-10H2. The van der Waals surface area contributed by atoms with Crippen LogP contribution in [0, 0.1) is 0 Å². The number of ketones is 2. The quantitative estimate of drug-likeness (QED) is 0.441. The van der Waals surface area contributed by atoms with Crippen LogP contribution in [-0.2, 0) is 6.42 Å². The highest BCUT2D eigenvalue weighted by Crippen LogP contribution is 2.36. The van der Waals surface area contributed by atoms with E-state index in [-0.39, 0.29) is 18.2 Å². The predicted molar refractivity (Wildman–Crippen MR) is 110 cm³/mol. The molecule has 0 heterocycles. The second-order valence-corrected chi connectivity index (χ2v) is 6.73. The highest BCUT2D eigenvalue weighted by molar-refractivity contribution is 6.31. The zero-order chi connectivity index (χ0) is 19.7. The van der Waals surface area contributed by atoms with Crippen LogP contribution in [0.15, 0.2) is 60.7 Å². The Morgan fingerprint density at radius 2 is 1.50 bits per heavy atom. The maximum Gasteiger partial charge on any atom is 0.196 e. The van der Waals surface area contributed by atoms with Gasteiger partial charge in [-0.15, -0.1) is 0 Å². The molecule has 0 saturated heterocycles. The molecule has 3 aromatic rings. The fourth-order valence-electron chi connectivity index (χ4n) is 3.42. The third-order valence-corrected chi connectivity index (χ3v) is 4.99. The Hall–Kier alpha value is -3.15. The number of carbonyl (C=O) groups excluding carboxylic acids is 2. The first-order valence-electron chi connectivity index (χ1n) is 8.82.